The van der Waals surface area contributed by atoms with Gasteiger partial charge in [0, 0.05) is 0 Å². The lowest BCUT2D eigenvalue weighted by Gasteiger charge is -2.16. The van der Waals surface area contributed by atoms with Crippen molar-refractivity contribution in [3.05, 3.63) is 12.7 Å². The van der Waals surface area contributed by atoms with E-state index in [1.165, 1.54) is 10.9 Å². The van der Waals surface area contributed by atoms with E-state index in [2.05, 4.69) is 34.6 Å². The molecule has 0 amide bonds. The minimum absolute atomic E-state index is 0.102. The molecule has 3 rings (SSSR count). The predicted molar refractivity (Wildman–Crippen MR) is 73.7 cm³/mol. The summed E-state index contributed by atoms with van der Waals surface area (Å²) in [5, 5.41) is 9.15. The van der Waals surface area contributed by atoms with Gasteiger partial charge in [-0.25, -0.2) is 19.5 Å². The molecule has 1 saturated heterocycles. The van der Waals surface area contributed by atoms with Gasteiger partial charge in [0.15, 0.2) is 20.5 Å². The van der Waals surface area contributed by atoms with Gasteiger partial charge in [0.1, 0.15) is 30.2 Å². The van der Waals surface area contributed by atoms with Crippen LogP contribution in [0.5, 0.6) is 0 Å². The highest BCUT2D eigenvalue weighted by Crippen LogP contribution is 2.38. The summed E-state index contributed by atoms with van der Waals surface area (Å²) >= 11 is 0. The quantitative estimate of drug-likeness (QED) is 0.335. The van der Waals surface area contributed by atoms with E-state index >= 15 is 0 Å². The summed E-state index contributed by atoms with van der Waals surface area (Å²) in [5.74, 6) is -0.105. The van der Waals surface area contributed by atoms with E-state index in [1.54, 1.807) is 0 Å². The maximum Gasteiger partial charge on any atom is 0.469 e. The van der Waals surface area contributed by atoms with Crippen molar-refractivity contribution in [3.63, 3.8) is 0 Å². The van der Waals surface area contributed by atoms with Gasteiger partial charge >= 0.3 is 7.82 Å². The first-order valence-corrected chi connectivity index (χ1v) is 7.79. The van der Waals surface area contributed by atoms with Gasteiger partial charge in [0.2, 0.25) is 4.29 Å². The third-order valence-electron chi connectivity index (χ3n) is 3.30. The molecule has 0 bridgehead atoms. The third-order valence-corrected chi connectivity index (χ3v) is 3.78. The fourth-order valence-corrected chi connectivity index (χ4v) is 2.59. The Balaban J connectivity index is 1.92. The number of imidazole rings is 1. The van der Waals surface area contributed by atoms with E-state index in [9.17, 15) is 9.46 Å². The standard InChI is InChI=1S/C10H14N5O7P/c11-8-5-9(13-2-12-8)15(3-14-5)10-7(17)6(16)4(22-10)1-21-23(18,19)20/h2-4,6-7,10,16-17H,1H2,(H2,11,12,13)(H2,18,19,20)/t4-,6-,7-,10-/m1/s1/i16D,17D/hD3. The number of nitrogens with zero attached hydrogens (tertiary/aromatic N) is 4. The Morgan fingerprint density at radius 3 is 3.09 bits per heavy atom. The topological polar surface area (TPSA) is 186 Å². The molecule has 1 aliphatic heterocycles. The molecular weight excluding hydrogens is 333 g/mol. The molecule has 6 N–H and O–H groups in total. The van der Waals surface area contributed by atoms with Crippen LogP contribution in [0.15, 0.2) is 12.7 Å². The number of aliphatic hydroxyl groups is 2. The van der Waals surface area contributed by atoms with Crippen molar-refractivity contribution >= 4 is 24.8 Å². The number of nitrogens with two attached hydrogens (primary N) is 1. The SMILES string of the molecule is [2H]O[C@@H]1[C@H](O[2H])[C@@H](COP(=O)(O)O[2H])O[C@H]1n1cnc2c(N([2H])[2H])ncnc21. The van der Waals surface area contributed by atoms with E-state index in [0.29, 0.717) is 0 Å². The molecule has 1 fully saturated rings. The number of ether oxygens (including phenoxy) is 1. The molecule has 1 unspecified atom stereocenters. The zero-order valence-corrected chi connectivity index (χ0v) is 12.1. The number of hydrogen-bond acceptors (Lipinski definition) is 10. The molecule has 3 heterocycles. The summed E-state index contributed by atoms with van der Waals surface area (Å²) < 4.78 is 58.6. The van der Waals surface area contributed by atoms with E-state index < -0.39 is 39.0 Å². The van der Waals surface area contributed by atoms with Crippen LogP contribution in [-0.2, 0) is 13.8 Å². The fourth-order valence-electron chi connectivity index (χ4n) is 2.26. The number of rotatable bonds is 8. The van der Waals surface area contributed by atoms with Crippen molar-refractivity contribution < 1.29 is 36.7 Å². The Hall–Kier alpha value is -1.66. The number of aliphatic hydroxyl groups excluding tert-OH is 2. The Labute approximate surface area is 136 Å². The van der Waals surface area contributed by atoms with Crippen LogP contribution < -0.4 is 5.72 Å². The summed E-state index contributed by atoms with van der Waals surface area (Å²) in [6.07, 6.45) is -2.32. The van der Waals surface area contributed by atoms with Crippen molar-refractivity contribution in [1.29, 1.82) is 4.29 Å². The van der Waals surface area contributed by atoms with Crippen LogP contribution in [0.3, 0.4) is 0 Å². The second kappa shape index (κ2) is 5.76. The van der Waals surface area contributed by atoms with Gasteiger partial charge < -0.3 is 30.5 Å². The van der Waals surface area contributed by atoms with Crippen LogP contribution in [0.2, 0.25) is 2.82 Å². The van der Waals surface area contributed by atoms with E-state index in [1.807, 2.05) is 0 Å². The first-order chi connectivity index (χ1) is 13.3. The highest BCUT2D eigenvalue weighted by atomic mass is 31.2. The molecule has 0 radical (unpaired) electrons. The molecule has 12 nitrogen and oxygen atoms in total. The van der Waals surface area contributed by atoms with Gasteiger partial charge in [-0.05, 0) is 0 Å². The molecule has 126 valence electrons. The van der Waals surface area contributed by atoms with Crippen molar-refractivity contribution in [1.82, 2.24) is 19.5 Å². The van der Waals surface area contributed by atoms with E-state index in [0.717, 1.165) is 6.33 Å². The summed E-state index contributed by atoms with van der Waals surface area (Å²) in [5.41, 5.74) is 0.501. The minimum Gasteiger partial charge on any atom is -0.387 e. The number of aromatic nitrogens is 4. The maximum atomic E-state index is 11.3. The molecule has 23 heavy (non-hydrogen) atoms. The van der Waals surface area contributed by atoms with Crippen molar-refractivity contribution in [2.24, 2.45) is 0 Å². The van der Waals surface area contributed by atoms with Crippen LogP contribution in [-0.4, -0.2) is 68.7 Å². The number of hydrogen-bond donors (Lipinski definition) is 5. The Morgan fingerprint density at radius 2 is 2.35 bits per heavy atom. The van der Waals surface area contributed by atoms with Gasteiger partial charge in [-0.2, -0.15) is 0 Å². The van der Waals surface area contributed by atoms with Crippen LogP contribution >= 0.6 is 7.82 Å². The summed E-state index contributed by atoms with van der Waals surface area (Å²) in [4.78, 5) is 24.6. The lowest BCUT2D eigenvalue weighted by molar-refractivity contribution is -0.0504. The maximum absolute atomic E-state index is 11.3. The first kappa shape index (κ1) is 11.0. The van der Waals surface area contributed by atoms with Crippen LogP contribution in [0, 0.1) is 0 Å². The zero-order chi connectivity index (χ0) is 20.5. The molecule has 13 heteroatoms. The monoisotopic (exact) mass is 352 g/mol. The summed E-state index contributed by atoms with van der Waals surface area (Å²) in [7, 11) is -4.63. The molecule has 0 saturated carbocycles. The van der Waals surface area contributed by atoms with Crippen LogP contribution in [0.4, 0.5) is 5.82 Å². The zero-order valence-electron chi connectivity index (χ0n) is 16.3. The number of nitrogen functional groups attached to an aromatic ring is 1. The Morgan fingerprint density at radius 1 is 1.48 bits per heavy atom. The highest BCUT2D eigenvalue weighted by molar-refractivity contribution is 7.46. The molecule has 0 aliphatic carbocycles. The average Bonchev–Trinajstić information content (AvgIpc) is 3.26. The molecule has 1 aliphatic rings. The largest absolute Gasteiger partial charge is 0.469 e. The second-order valence-corrected chi connectivity index (χ2v) is 5.98. The molecule has 2 aromatic heterocycles. The van der Waals surface area contributed by atoms with Crippen molar-refractivity contribution in [3.8, 4) is 0 Å². The van der Waals surface area contributed by atoms with E-state index in [-0.39, 0.29) is 22.7 Å². The molecule has 0 spiro atoms. The minimum atomic E-state index is -4.63. The highest BCUT2D eigenvalue weighted by Gasteiger charge is 2.45. The number of phosphoric acid groups is 1. The number of phosphoric ester groups is 1. The lowest BCUT2D eigenvalue weighted by atomic mass is 10.1. The first-order valence-electron chi connectivity index (χ1n) is 8.42. The normalized spacial score (nSPS) is 33.3. The van der Waals surface area contributed by atoms with Crippen molar-refractivity contribution in [2.45, 2.75) is 24.5 Å². The summed E-state index contributed by atoms with van der Waals surface area (Å²) in [6.45, 7) is -0.605. The van der Waals surface area contributed by atoms with E-state index in [4.69, 9.17) is 11.9 Å². The van der Waals surface area contributed by atoms with Gasteiger partial charge in [0.05, 0.1) is 12.9 Å². The number of fused-ring (bicyclic) bond motifs is 1. The Kier molecular flexibility index (Phi) is 2.75. The van der Waals surface area contributed by atoms with Crippen LogP contribution in [0.1, 0.15) is 6.23 Å². The van der Waals surface area contributed by atoms with Gasteiger partial charge in [-0.1, -0.05) is 0 Å². The third kappa shape index (κ3) is 3.05. The predicted octanol–water partition coefficient (Wildman–Crippen LogP) is -1.86. The lowest BCUT2D eigenvalue weighted by Crippen LogP contribution is -2.33. The molecule has 2 aromatic rings. The van der Waals surface area contributed by atoms with Gasteiger partial charge in [0.25, 0.3) is 0 Å². The summed E-state index contributed by atoms with van der Waals surface area (Å²) in [6, 6.07) is 0. The van der Waals surface area contributed by atoms with Gasteiger partial charge in [-0.3, -0.25) is 9.09 Å². The Bertz CT molecular complexity index is 876. The smallest absolute Gasteiger partial charge is 0.387 e. The molecular formula is C10H14N5O7P. The molecule has 5 atom stereocenters. The second-order valence-electron chi connectivity index (χ2n) is 4.78. The number of anilines is 1. The fraction of sp³-hybridized carbons (Fsp3) is 0.500. The van der Waals surface area contributed by atoms with Crippen LogP contribution in [0.25, 0.3) is 11.2 Å². The molecule has 0 aromatic carbocycles. The van der Waals surface area contributed by atoms with Crippen molar-refractivity contribution in [2.75, 3.05) is 12.3 Å². The average molecular weight is 352 g/mol. The van der Waals surface area contributed by atoms with Gasteiger partial charge in [-0.15, -0.1) is 0 Å².